The molecule has 1 amide bonds. The number of aliphatic imine (C=N–C) groups is 1. The standard InChI is InChI=1S/C18H30N4O3/c1-7-10-19-18(20-12-17(23)22(3)4)21-13(2)15-11-14(24-5)8-9-16(15)25-6/h8-9,11,13H,7,10,12H2,1-6H3,(H2,19,20,21). The predicted molar refractivity (Wildman–Crippen MR) is 100 cm³/mol. The van der Waals surface area contributed by atoms with Crippen molar-refractivity contribution in [3.05, 3.63) is 23.8 Å². The maximum Gasteiger partial charge on any atom is 0.243 e. The van der Waals surface area contributed by atoms with Gasteiger partial charge in [0.1, 0.15) is 18.0 Å². The zero-order chi connectivity index (χ0) is 18.8. The van der Waals surface area contributed by atoms with Gasteiger partial charge in [0.25, 0.3) is 0 Å². The highest BCUT2D eigenvalue weighted by Crippen LogP contribution is 2.29. The van der Waals surface area contributed by atoms with Gasteiger partial charge in [0.15, 0.2) is 5.96 Å². The minimum Gasteiger partial charge on any atom is -0.497 e. The van der Waals surface area contributed by atoms with Gasteiger partial charge in [0, 0.05) is 26.2 Å². The van der Waals surface area contributed by atoms with Crippen LogP contribution in [0.4, 0.5) is 0 Å². The van der Waals surface area contributed by atoms with Gasteiger partial charge in [-0.05, 0) is 31.5 Å². The maximum absolute atomic E-state index is 11.8. The first-order chi connectivity index (χ1) is 11.9. The summed E-state index contributed by atoms with van der Waals surface area (Å²) in [6.07, 6.45) is 0.958. The lowest BCUT2D eigenvalue weighted by Gasteiger charge is -2.21. The average Bonchev–Trinajstić information content (AvgIpc) is 2.62. The molecule has 0 aliphatic heterocycles. The fourth-order valence-corrected chi connectivity index (χ4v) is 2.14. The molecule has 0 bridgehead atoms. The Bertz CT molecular complexity index is 588. The number of nitrogens with zero attached hydrogens (tertiary/aromatic N) is 2. The topological polar surface area (TPSA) is 75.2 Å². The van der Waals surface area contributed by atoms with Crippen LogP contribution in [0.2, 0.25) is 0 Å². The maximum atomic E-state index is 11.8. The number of hydrogen-bond donors (Lipinski definition) is 2. The fraction of sp³-hybridized carbons (Fsp3) is 0.556. The summed E-state index contributed by atoms with van der Waals surface area (Å²) in [5, 5.41) is 6.55. The number of ether oxygens (including phenoxy) is 2. The Balaban J connectivity index is 2.95. The van der Waals surface area contributed by atoms with Gasteiger partial charge in [-0.2, -0.15) is 0 Å². The number of likely N-dealkylation sites (N-methyl/N-ethyl adjacent to an activating group) is 1. The Morgan fingerprint density at radius 2 is 2.00 bits per heavy atom. The molecule has 1 atom stereocenters. The summed E-state index contributed by atoms with van der Waals surface area (Å²) in [5.74, 6) is 2.06. The first-order valence-electron chi connectivity index (χ1n) is 8.39. The van der Waals surface area contributed by atoms with Crippen LogP contribution in [0.5, 0.6) is 11.5 Å². The van der Waals surface area contributed by atoms with Crippen LogP contribution in [0.1, 0.15) is 31.9 Å². The Labute approximate surface area is 150 Å². The van der Waals surface area contributed by atoms with Gasteiger partial charge in [-0.1, -0.05) is 6.92 Å². The third-order valence-corrected chi connectivity index (χ3v) is 3.67. The van der Waals surface area contributed by atoms with Crippen LogP contribution in [-0.2, 0) is 4.79 Å². The molecule has 0 saturated heterocycles. The second kappa shape index (κ2) is 10.4. The highest BCUT2D eigenvalue weighted by Gasteiger charge is 2.15. The number of benzene rings is 1. The van der Waals surface area contributed by atoms with E-state index in [4.69, 9.17) is 9.47 Å². The predicted octanol–water partition coefficient (Wildman–Crippen LogP) is 1.80. The zero-order valence-corrected chi connectivity index (χ0v) is 16.0. The second-order valence-corrected chi connectivity index (χ2v) is 5.85. The van der Waals surface area contributed by atoms with Gasteiger partial charge in [-0.3, -0.25) is 4.79 Å². The molecule has 0 heterocycles. The van der Waals surface area contributed by atoms with E-state index in [0.717, 1.165) is 30.0 Å². The summed E-state index contributed by atoms with van der Waals surface area (Å²) in [6, 6.07) is 5.58. The Kier molecular flexibility index (Phi) is 8.60. The van der Waals surface area contributed by atoms with Crippen molar-refractivity contribution in [1.29, 1.82) is 0 Å². The monoisotopic (exact) mass is 350 g/mol. The van der Waals surface area contributed by atoms with E-state index in [0.29, 0.717) is 5.96 Å². The van der Waals surface area contributed by atoms with Crippen molar-refractivity contribution in [1.82, 2.24) is 15.5 Å². The molecule has 7 nitrogen and oxygen atoms in total. The molecule has 1 aromatic rings. The lowest BCUT2D eigenvalue weighted by Crippen LogP contribution is -2.40. The van der Waals surface area contributed by atoms with Gasteiger partial charge in [0.2, 0.25) is 5.91 Å². The molecule has 0 aromatic heterocycles. The molecule has 25 heavy (non-hydrogen) atoms. The van der Waals surface area contributed by atoms with E-state index in [9.17, 15) is 4.79 Å². The van der Waals surface area contributed by atoms with Crippen molar-refractivity contribution in [2.75, 3.05) is 41.4 Å². The molecule has 0 aliphatic rings. The number of hydrogen-bond acceptors (Lipinski definition) is 4. The van der Waals surface area contributed by atoms with Crippen molar-refractivity contribution in [3.63, 3.8) is 0 Å². The van der Waals surface area contributed by atoms with Gasteiger partial charge in [-0.25, -0.2) is 4.99 Å². The minimum atomic E-state index is -0.0809. The molecular formula is C18H30N4O3. The Hall–Kier alpha value is -2.44. The minimum absolute atomic E-state index is 0.0517. The Morgan fingerprint density at radius 1 is 1.28 bits per heavy atom. The third kappa shape index (κ3) is 6.52. The van der Waals surface area contributed by atoms with Crippen LogP contribution in [0, 0.1) is 0 Å². The van der Waals surface area contributed by atoms with Crippen LogP contribution in [0.25, 0.3) is 0 Å². The van der Waals surface area contributed by atoms with Crippen molar-refractivity contribution < 1.29 is 14.3 Å². The number of amides is 1. The SMILES string of the molecule is CCCNC(=NCC(=O)N(C)C)NC(C)c1cc(OC)ccc1OC. The summed E-state index contributed by atoms with van der Waals surface area (Å²) in [4.78, 5) is 17.7. The molecule has 0 saturated carbocycles. The summed E-state index contributed by atoms with van der Waals surface area (Å²) >= 11 is 0. The van der Waals surface area contributed by atoms with Crippen molar-refractivity contribution in [2.24, 2.45) is 4.99 Å². The number of methoxy groups -OCH3 is 2. The number of carbonyl (C=O) groups is 1. The van der Waals surface area contributed by atoms with Crippen molar-refractivity contribution >= 4 is 11.9 Å². The van der Waals surface area contributed by atoms with E-state index in [1.54, 1.807) is 28.3 Å². The van der Waals surface area contributed by atoms with E-state index in [1.807, 2.05) is 25.1 Å². The number of carbonyl (C=O) groups excluding carboxylic acids is 1. The van der Waals surface area contributed by atoms with E-state index >= 15 is 0 Å². The molecular weight excluding hydrogens is 320 g/mol. The van der Waals surface area contributed by atoms with Gasteiger partial charge in [0.05, 0.1) is 20.3 Å². The highest BCUT2D eigenvalue weighted by atomic mass is 16.5. The molecule has 1 aromatic carbocycles. The third-order valence-electron chi connectivity index (χ3n) is 3.67. The Morgan fingerprint density at radius 3 is 2.56 bits per heavy atom. The fourth-order valence-electron chi connectivity index (χ4n) is 2.14. The van der Waals surface area contributed by atoms with E-state index in [1.165, 1.54) is 4.90 Å². The molecule has 140 valence electrons. The normalized spacial score (nSPS) is 12.3. The molecule has 7 heteroatoms. The smallest absolute Gasteiger partial charge is 0.243 e. The van der Waals surface area contributed by atoms with E-state index in [-0.39, 0.29) is 18.5 Å². The first-order valence-corrected chi connectivity index (χ1v) is 8.39. The van der Waals surface area contributed by atoms with Crippen LogP contribution in [0.3, 0.4) is 0 Å². The van der Waals surface area contributed by atoms with Crippen molar-refractivity contribution in [2.45, 2.75) is 26.3 Å². The number of guanidine groups is 1. The lowest BCUT2D eigenvalue weighted by molar-refractivity contribution is -0.127. The largest absolute Gasteiger partial charge is 0.497 e. The zero-order valence-electron chi connectivity index (χ0n) is 16.0. The highest BCUT2D eigenvalue weighted by molar-refractivity contribution is 5.85. The van der Waals surface area contributed by atoms with Crippen LogP contribution < -0.4 is 20.1 Å². The van der Waals surface area contributed by atoms with Crippen LogP contribution >= 0.6 is 0 Å². The summed E-state index contributed by atoms with van der Waals surface area (Å²) < 4.78 is 10.7. The second-order valence-electron chi connectivity index (χ2n) is 5.85. The molecule has 2 N–H and O–H groups in total. The average molecular weight is 350 g/mol. The molecule has 1 unspecified atom stereocenters. The van der Waals surface area contributed by atoms with Gasteiger partial charge in [-0.15, -0.1) is 0 Å². The lowest BCUT2D eigenvalue weighted by atomic mass is 10.1. The summed E-state index contributed by atoms with van der Waals surface area (Å²) in [6.45, 7) is 4.94. The number of rotatable bonds is 8. The van der Waals surface area contributed by atoms with E-state index < -0.39 is 0 Å². The van der Waals surface area contributed by atoms with E-state index in [2.05, 4.69) is 22.5 Å². The van der Waals surface area contributed by atoms with Gasteiger partial charge >= 0.3 is 0 Å². The number of nitrogens with one attached hydrogen (secondary N) is 2. The molecule has 1 rings (SSSR count). The summed E-state index contributed by atoms with van der Waals surface area (Å²) in [7, 11) is 6.70. The van der Waals surface area contributed by atoms with Crippen LogP contribution in [0.15, 0.2) is 23.2 Å². The van der Waals surface area contributed by atoms with Gasteiger partial charge < -0.3 is 25.0 Å². The first kappa shape index (κ1) is 20.6. The summed E-state index contributed by atoms with van der Waals surface area (Å²) in [5.41, 5.74) is 0.951. The molecule has 0 aliphatic carbocycles. The van der Waals surface area contributed by atoms with Crippen LogP contribution in [-0.4, -0.2) is 58.2 Å². The molecule has 0 radical (unpaired) electrons. The molecule has 0 spiro atoms. The van der Waals surface area contributed by atoms with Crippen molar-refractivity contribution in [3.8, 4) is 11.5 Å². The molecule has 0 fully saturated rings. The quantitative estimate of drug-likeness (QED) is 0.552.